The lowest BCUT2D eigenvalue weighted by Crippen LogP contribution is -2.52. The first-order valence-corrected chi connectivity index (χ1v) is 4.79. The number of aliphatic hydroxyl groups is 1. The highest BCUT2D eigenvalue weighted by Crippen LogP contribution is 2.02. The standard InChI is InChI=1S/C9H20N2O/c1-8(2)5-11-4-3-10-9(6-11)7-12/h8-10,12H,3-7H2,1-2H3. The van der Waals surface area contributed by atoms with Gasteiger partial charge < -0.3 is 15.3 Å². The Morgan fingerprint density at radius 2 is 2.33 bits per heavy atom. The minimum Gasteiger partial charge on any atom is -0.395 e. The van der Waals surface area contributed by atoms with Crippen LogP contribution in [0.4, 0.5) is 0 Å². The van der Waals surface area contributed by atoms with Crippen LogP contribution >= 0.6 is 0 Å². The lowest BCUT2D eigenvalue weighted by atomic mass is 10.1. The minimum atomic E-state index is 0.259. The van der Waals surface area contributed by atoms with Gasteiger partial charge in [-0.15, -0.1) is 0 Å². The van der Waals surface area contributed by atoms with Crippen LogP contribution in [0.2, 0.25) is 0 Å². The minimum absolute atomic E-state index is 0.259. The Morgan fingerprint density at radius 1 is 1.58 bits per heavy atom. The molecule has 3 nitrogen and oxygen atoms in total. The molecule has 12 heavy (non-hydrogen) atoms. The predicted molar refractivity (Wildman–Crippen MR) is 50.2 cm³/mol. The smallest absolute Gasteiger partial charge is 0.0597 e. The van der Waals surface area contributed by atoms with Gasteiger partial charge in [0.05, 0.1) is 6.61 Å². The van der Waals surface area contributed by atoms with Gasteiger partial charge in [0, 0.05) is 32.2 Å². The van der Waals surface area contributed by atoms with E-state index in [0.717, 1.165) is 32.1 Å². The molecule has 0 saturated carbocycles. The molecule has 1 saturated heterocycles. The fourth-order valence-electron chi connectivity index (χ4n) is 1.70. The third kappa shape index (κ3) is 3.09. The molecule has 0 aromatic carbocycles. The lowest BCUT2D eigenvalue weighted by molar-refractivity contribution is 0.138. The molecule has 0 aromatic heterocycles. The Balaban J connectivity index is 2.25. The van der Waals surface area contributed by atoms with Gasteiger partial charge >= 0.3 is 0 Å². The first kappa shape index (κ1) is 9.96. The highest BCUT2D eigenvalue weighted by Gasteiger charge is 2.18. The molecule has 0 amide bonds. The van der Waals surface area contributed by atoms with Crippen LogP contribution in [0.5, 0.6) is 0 Å². The number of nitrogens with zero attached hydrogens (tertiary/aromatic N) is 1. The molecule has 0 bridgehead atoms. The van der Waals surface area contributed by atoms with Crippen molar-refractivity contribution in [3.63, 3.8) is 0 Å². The molecule has 72 valence electrons. The Kier molecular flexibility index (Phi) is 3.98. The zero-order chi connectivity index (χ0) is 8.97. The lowest BCUT2D eigenvalue weighted by Gasteiger charge is -2.33. The van der Waals surface area contributed by atoms with Crippen molar-refractivity contribution in [3.8, 4) is 0 Å². The van der Waals surface area contributed by atoms with Crippen molar-refractivity contribution in [3.05, 3.63) is 0 Å². The monoisotopic (exact) mass is 172 g/mol. The number of rotatable bonds is 3. The molecular weight excluding hydrogens is 152 g/mol. The molecule has 1 fully saturated rings. The average Bonchev–Trinajstić information content (AvgIpc) is 2.03. The Morgan fingerprint density at radius 3 is 2.92 bits per heavy atom. The molecule has 1 heterocycles. The summed E-state index contributed by atoms with van der Waals surface area (Å²) in [5.41, 5.74) is 0. The number of piperazine rings is 1. The normalized spacial score (nSPS) is 26.5. The van der Waals surface area contributed by atoms with Crippen molar-refractivity contribution in [2.75, 3.05) is 32.8 Å². The van der Waals surface area contributed by atoms with E-state index in [1.54, 1.807) is 0 Å². The molecule has 1 aliphatic heterocycles. The number of hydrogen-bond donors (Lipinski definition) is 2. The van der Waals surface area contributed by atoms with Crippen LogP contribution in [0.1, 0.15) is 13.8 Å². The zero-order valence-corrected chi connectivity index (χ0v) is 8.08. The Hall–Kier alpha value is -0.120. The molecule has 1 rings (SSSR count). The second kappa shape index (κ2) is 4.80. The molecule has 1 atom stereocenters. The van der Waals surface area contributed by atoms with E-state index in [9.17, 15) is 0 Å². The van der Waals surface area contributed by atoms with Gasteiger partial charge in [0.15, 0.2) is 0 Å². The largest absolute Gasteiger partial charge is 0.395 e. The van der Waals surface area contributed by atoms with Gasteiger partial charge in [-0.3, -0.25) is 0 Å². The fourth-order valence-corrected chi connectivity index (χ4v) is 1.70. The summed E-state index contributed by atoms with van der Waals surface area (Å²) >= 11 is 0. The summed E-state index contributed by atoms with van der Waals surface area (Å²) in [5.74, 6) is 0.724. The SMILES string of the molecule is CC(C)CN1CCNC(CO)C1. The van der Waals surface area contributed by atoms with Gasteiger partial charge in [-0.25, -0.2) is 0 Å². The van der Waals surface area contributed by atoms with Gasteiger partial charge in [-0.1, -0.05) is 13.8 Å². The summed E-state index contributed by atoms with van der Waals surface area (Å²) in [6.07, 6.45) is 0. The van der Waals surface area contributed by atoms with Crippen molar-refractivity contribution in [1.82, 2.24) is 10.2 Å². The summed E-state index contributed by atoms with van der Waals surface area (Å²) in [6.45, 7) is 9.00. The molecule has 3 heteroatoms. The average molecular weight is 172 g/mol. The third-order valence-electron chi connectivity index (χ3n) is 2.18. The summed E-state index contributed by atoms with van der Waals surface area (Å²) in [7, 11) is 0. The van der Waals surface area contributed by atoms with Crippen molar-refractivity contribution in [2.45, 2.75) is 19.9 Å². The Bertz CT molecular complexity index is 128. The molecular formula is C9H20N2O. The van der Waals surface area contributed by atoms with Crippen molar-refractivity contribution < 1.29 is 5.11 Å². The van der Waals surface area contributed by atoms with E-state index in [2.05, 4.69) is 24.1 Å². The van der Waals surface area contributed by atoms with Gasteiger partial charge in [0.25, 0.3) is 0 Å². The maximum absolute atomic E-state index is 8.95. The fraction of sp³-hybridized carbons (Fsp3) is 1.00. The molecule has 1 aliphatic rings. The van der Waals surface area contributed by atoms with Crippen molar-refractivity contribution in [1.29, 1.82) is 0 Å². The van der Waals surface area contributed by atoms with Crippen LogP contribution in [0, 0.1) is 5.92 Å². The summed E-state index contributed by atoms with van der Waals surface area (Å²) < 4.78 is 0. The maximum Gasteiger partial charge on any atom is 0.0597 e. The quantitative estimate of drug-likeness (QED) is 0.624. The van der Waals surface area contributed by atoms with Crippen molar-refractivity contribution in [2.24, 2.45) is 5.92 Å². The maximum atomic E-state index is 8.95. The summed E-state index contributed by atoms with van der Waals surface area (Å²) in [5, 5.41) is 12.2. The summed E-state index contributed by atoms with van der Waals surface area (Å²) in [6, 6.07) is 0.289. The molecule has 0 radical (unpaired) electrons. The van der Waals surface area contributed by atoms with Crippen LogP contribution in [-0.2, 0) is 0 Å². The third-order valence-corrected chi connectivity index (χ3v) is 2.18. The number of hydrogen-bond acceptors (Lipinski definition) is 3. The first-order valence-electron chi connectivity index (χ1n) is 4.79. The first-order chi connectivity index (χ1) is 5.72. The van der Waals surface area contributed by atoms with E-state index in [1.165, 1.54) is 0 Å². The molecule has 2 N–H and O–H groups in total. The van der Waals surface area contributed by atoms with E-state index in [-0.39, 0.29) is 12.6 Å². The highest BCUT2D eigenvalue weighted by atomic mass is 16.3. The van der Waals surface area contributed by atoms with E-state index in [1.807, 2.05) is 0 Å². The van der Waals surface area contributed by atoms with Crippen LogP contribution in [0.25, 0.3) is 0 Å². The number of aliphatic hydroxyl groups excluding tert-OH is 1. The van der Waals surface area contributed by atoms with Gasteiger partial charge in [-0.2, -0.15) is 0 Å². The topological polar surface area (TPSA) is 35.5 Å². The van der Waals surface area contributed by atoms with E-state index >= 15 is 0 Å². The molecule has 0 aliphatic carbocycles. The van der Waals surface area contributed by atoms with Crippen LogP contribution in [0.15, 0.2) is 0 Å². The Labute approximate surface area is 74.8 Å². The highest BCUT2D eigenvalue weighted by molar-refractivity contribution is 4.77. The van der Waals surface area contributed by atoms with Crippen LogP contribution in [-0.4, -0.2) is 48.8 Å². The summed E-state index contributed by atoms with van der Waals surface area (Å²) in [4.78, 5) is 2.42. The van der Waals surface area contributed by atoms with Crippen molar-refractivity contribution >= 4 is 0 Å². The van der Waals surface area contributed by atoms with Gasteiger partial charge in [-0.05, 0) is 5.92 Å². The van der Waals surface area contributed by atoms with E-state index in [4.69, 9.17) is 5.11 Å². The molecule has 0 spiro atoms. The van der Waals surface area contributed by atoms with E-state index in [0.29, 0.717) is 0 Å². The number of nitrogens with one attached hydrogen (secondary N) is 1. The van der Waals surface area contributed by atoms with Crippen LogP contribution < -0.4 is 5.32 Å². The van der Waals surface area contributed by atoms with E-state index < -0.39 is 0 Å². The van der Waals surface area contributed by atoms with Gasteiger partial charge in [0.1, 0.15) is 0 Å². The molecule has 1 unspecified atom stereocenters. The van der Waals surface area contributed by atoms with Gasteiger partial charge in [0.2, 0.25) is 0 Å². The zero-order valence-electron chi connectivity index (χ0n) is 8.08. The van der Waals surface area contributed by atoms with Crippen LogP contribution in [0.3, 0.4) is 0 Å². The molecule has 0 aromatic rings. The second-order valence-electron chi connectivity index (χ2n) is 3.99. The predicted octanol–water partition coefficient (Wildman–Crippen LogP) is -0.0915. The second-order valence-corrected chi connectivity index (χ2v) is 3.99.